The molecule has 0 aromatic rings. The molecule has 0 spiro atoms. The summed E-state index contributed by atoms with van der Waals surface area (Å²) in [5.74, 6) is -1.41. The molecule has 3 N–H and O–H groups in total. The van der Waals surface area contributed by atoms with Crippen molar-refractivity contribution in [3.8, 4) is 0 Å². The van der Waals surface area contributed by atoms with Crippen LogP contribution in [0.3, 0.4) is 0 Å². The van der Waals surface area contributed by atoms with Crippen molar-refractivity contribution in [2.24, 2.45) is 0 Å². The lowest BCUT2D eigenvalue weighted by Gasteiger charge is -2.23. The number of carboxylic acids is 1. The van der Waals surface area contributed by atoms with Gasteiger partial charge in [-0.1, -0.05) is 13.3 Å². The summed E-state index contributed by atoms with van der Waals surface area (Å²) in [6, 6.07) is 0. The zero-order chi connectivity index (χ0) is 13.0. The molecule has 0 aliphatic rings. The van der Waals surface area contributed by atoms with Crippen LogP contribution in [-0.2, 0) is 14.8 Å². The van der Waals surface area contributed by atoms with Crippen LogP contribution in [0.2, 0.25) is 0 Å². The minimum atomic E-state index is -3.92. The Morgan fingerprint density at radius 2 is 2.00 bits per heavy atom. The Balaban J connectivity index is 4.46. The molecule has 0 bridgehead atoms. The molecule has 0 amide bonds. The van der Waals surface area contributed by atoms with Crippen LogP contribution in [0.25, 0.3) is 0 Å². The van der Waals surface area contributed by atoms with E-state index in [2.05, 4.69) is 4.72 Å². The summed E-state index contributed by atoms with van der Waals surface area (Å²) >= 11 is 0. The molecular weight excluding hydrogens is 234 g/mol. The first kappa shape index (κ1) is 15.3. The first-order valence-electron chi connectivity index (χ1n) is 5.06. The molecule has 0 heterocycles. The first-order valence-corrected chi connectivity index (χ1v) is 6.60. The maximum Gasteiger partial charge on any atom is 0.323 e. The summed E-state index contributed by atoms with van der Waals surface area (Å²) in [5, 5.41) is 16.8. The van der Waals surface area contributed by atoms with Crippen LogP contribution in [0.15, 0.2) is 0 Å². The largest absolute Gasteiger partial charge is 0.480 e. The van der Waals surface area contributed by atoms with Gasteiger partial charge >= 0.3 is 5.97 Å². The molecule has 6 nitrogen and oxygen atoms in total. The molecule has 2 unspecified atom stereocenters. The van der Waals surface area contributed by atoms with Gasteiger partial charge in [0, 0.05) is 6.54 Å². The van der Waals surface area contributed by atoms with Gasteiger partial charge in [-0.15, -0.1) is 0 Å². The third kappa shape index (κ3) is 4.91. The van der Waals surface area contributed by atoms with Crippen LogP contribution in [-0.4, -0.2) is 42.0 Å². The predicted octanol–water partition coefficient (Wildman–Crippen LogP) is -0.0700. The van der Waals surface area contributed by atoms with E-state index in [1.165, 1.54) is 6.92 Å². The Hall–Kier alpha value is -0.660. The molecule has 0 saturated carbocycles. The fraction of sp³-hybridized carbons (Fsp3) is 0.889. The molecule has 7 heteroatoms. The van der Waals surface area contributed by atoms with Gasteiger partial charge in [0.1, 0.15) is 0 Å². The number of carbonyl (C=O) groups is 1. The zero-order valence-electron chi connectivity index (χ0n) is 9.73. The standard InChI is InChI=1S/C9H19NO5S/c1-4-5-9(3,13)6-10-16(14,15)7(2)8(11)12/h7,10,13H,4-6H2,1-3H3,(H,11,12). The molecule has 0 radical (unpaired) electrons. The van der Waals surface area contributed by atoms with E-state index >= 15 is 0 Å². The van der Waals surface area contributed by atoms with E-state index in [9.17, 15) is 18.3 Å². The fourth-order valence-electron chi connectivity index (χ4n) is 1.14. The van der Waals surface area contributed by atoms with E-state index in [0.29, 0.717) is 12.8 Å². The second-order valence-electron chi connectivity index (χ2n) is 4.09. The monoisotopic (exact) mass is 253 g/mol. The van der Waals surface area contributed by atoms with Gasteiger partial charge in [0.2, 0.25) is 10.0 Å². The fourth-order valence-corrected chi connectivity index (χ4v) is 2.17. The van der Waals surface area contributed by atoms with Gasteiger partial charge in [-0.3, -0.25) is 4.79 Å². The maximum absolute atomic E-state index is 11.4. The number of rotatable bonds is 7. The second kappa shape index (κ2) is 5.60. The Morgan fingerprint density at radius 3 is 2.38 bits per heavy atom. The highest BCUT2D eigenvalue weighted by molar-refractivity contribution is 7.90. The third-order valence-corrected chi connectivity index (χ3v) is 3.94. The minimum Gasteiger partial charge on any atom is -0.480 e. The van der Waals surface area contributed by atoms with E-state index < -0.39 is 26.8 Å². The maximum atomic E-state index is 11.4. The highest BCUT2D eigenvalue weighted by Crippen LogP contribution is 2.11. The van der Waals surface area contributed by atoms with Crippen LogP contribution in [0.1, 0.15) is 33.6 Å². The lowest BCUT2D eigenvalue weighted by molar-refractivity contribution is -0.136. The van der Waals surface area contributed by atoms with E-state index in [1.807, 2.05) is 6.92 Å². The molecule has 0 aromatic carbocycles. The number of hydrogen-bond acceptors (Lipinski definition) is 4. The van der Waals surface area contributed by atoms with E-state index in [-0.39, 0.29) is 6.54 Å². The number of carboxylic acid groups (broad SMARTS) is 1. The molecular formula is C9H19NO5S. The smallest absolute Gasteiger partial charge is 0.323 e. The summed E-state index contributed by atoms with van der Waals surface area (Å²) in [5.41, 5.74) is -1.15. The summed E-state index contributed by atoms with van der Waals surface area (Å²) in [6.45, 7) is 4.27. The SMILES string of the molecule is CCCC(C)(O)CNS(=O)(=O)C(C)C(=O)O. The van der Waals surface area contributed by atoms with Crippen LogP contribution in [0, 0.1) is 0 Å². The van der Waals surface area contributed by atoms with Crippen LogP contribution in [0.4, 0.5) is 0 Å². The normalized spacial score (nSPS) is 17.8. The lowest BCUT2D eigenvalue weighted by atomic mass is 10.0. The van der Waals surface area contributed by atoms with E-state index in [4.69, 9.17) is 5.11 Å². The Morgan fingerprint density at radius 1 is 1.50 bits per heavy atom. The van der Waals surface area contributed by atoms with Crippen molar-refractivity contribution in [1.82, 2.24) is 4.72 Å². The van der Waals surface area contributed by atoms with Gasteiger partial charge in [0.05, 0.1) is 5.60 Å². The number of sulfonamides is 1. The van der Waals surface area contributed by atoms with Crippen molar-refractivity contribution < 1.29 is 23.4 Å². The van der Waals surface area contributed by atoms with Crippen molar-refractivity contribution >= 4 is 16.0 Å². The van der Waals surface area contributed by atoms with Gasteiger partial charge < -0.3 is 10.2 Å². The summed E-state index contributed by atoms with van der Waals surface area (Å²) in [6.07, 6.45) is 1.15. The van der Waals surface area contributed by atoms with Crippen LogP contribution >= 0.6 is 0 Å². The average molecular weight is 253 g/mol. The van der Waals surface area contributed by atoms with Crippen molar-refractivity contribution in [2.45, 2.75) is 44.5 Å². The summed E-state index contributed by atoms with van der Waals surface area (Å²) in [4.78, 5) is 10.5. The molecule has 0 aromatic heterocycles. The third-order valence-electron chi connectivity index (χ3n) is 2.26. The lowest BCUT2D eigenvalue weighted by Crippen LogP contribution is -2.45. The minimum absolute atomic E-state index is 0.180. The average Bonchev–Trinajstić information content (AvgIpc) is 2.14. The Labute approximate surface area is 95.7 Å². The van der Waals surface area contributed by atoms with E-state index in [1.54, 1.807) is 0 Å². The number of nitrogens with one attached hydrogen (secondary N) is 1. The molecule has 0 aliphatic carbocycles. The Kier molecular flexibility index (Phi) is 5.37. The van der Waals surface area contributed by atoms with Crippen molar-refractivity contribution in [2.75, 3.05) is 6.54 Å². The Bertz CT molecular complexity index is 336. The second-order valence-corrected chi connectivity index (χ2v) is 6.18. The van der Waals surface area contributed by atoms with Gasteiger partial charge in [-0.05, 0) is 20.3 Å². The molecule has 0 fully saturated rings. The molecule has 2 atom stereocenters. The summed E-state index contributed by atoms with van der Waals surface area (Å²) in [7, 11) is -3.92. The molecule has 16 heavy (non-hydrogen) atoms. The highest BCUT2D eigenvalue weighted by Gasteiger charge is 2.30. The highest BCUT2D eigenvalue weighted by atomic mass is 32.2. The van der Waals surface area contributed by atoms with Crippen molar-refractivity contribution in [3.63, 3.8) is 0 Å². The molecule has 0 aliphatic heterocycles. The van der Waals surface area contributed by atoms with Crippen molar-refractivity contribution in [3.05, 3.63) is 0 Å². The van der Waals surface area contributed by atoms with E-state index in [0.717, 1.165) is 6.92 Å². The van der Waals surface area contributed by atoms with Gasteiger partial charge in [0.25, 0.3) is 0 Å². The summed E-state index contributed by atoms with van der Waals surface area (Å²) < 4.78 is 24.9. The number of aliphatic carboxylic acids is 1. The van der Waals surface area contributed by atoms with Gasteiger partial charge in [-0.2, -0.15) is 0 Å². The first-order chi connectivity index (χ1) is 7.12. The van der Waals surface area contributed by atoms with Gasteiger partial charge in [0.15, 0.2) is 5.25 Å². The van der Waals surface area contributed by atoms with Crippen LogP contribution in [0.5, 0.6) is 0 Å². The molecule has 96 valence electrons. The quantitative estimate of drug-likeness (QED) is 0.589. The van der Waals surface area contributed by atoms with Crippen molar-refractivity contribution in [1.29, 1.82) is 0 Å². The van der Waals surface area contributed by atoms with Crippen LogP contribution < -0.4 is 4.72 Å². The topological polar surface area (TPSA) is 104 Å². The number of aliphatic hydroxyl groups is 1. The predicted molar refractivity (Wildman–Crippen MR) is 59.6 cm³/mol. The number of hydrogen-bond donors (Lipinski definition) is 3. The molecule has 0 rings (SSSR count). The zero-order valence-corrected chi connectivity index (χ0v) is 10.5. The van der Waals surface area contributed by atoms with Gasteiger partial charge in [-0.25, -0.2) is 13.1 Å². The molecule has 0 saturated heterocycles.